The van der Waals surface area contributed by atoms with Gasteiger partial charge in [0.2, 0.25) is 5.88 Å². The van der Waals surface area contributed by atoms with Crippen molar-refractivity contribution >= 4 is 11.8 Å². The first-order chi connectivity index (χ1) is 16.0. The van der Waals surface area contributed by atoms with E-state index in [2.05, 4.69) is 0 Å². The highest BCUT2D eigenvalue weighted by atomic mass is 19.4. The van der Waals surface area contributed by atoms with E-state index >= 15 is 0 Å². The maximum absolute atomic E-state index is 13.2. The van der Waals surface area contributed by atoms with Crippen molar-refractivity contribution in [1.82, 2.24) is 0 Å². The molecule has 1 unspecified atom stereocenters. The fourth-order valence-corrected chi connectivity index (χ4v) is 4.38. The molecule has 8 heteroatoms. The van der Waals surface area contributed by atoms with E-state index in [1.807, 2.05) is 19.9 Å². The summed E-state index contributed by atoms with van der Waals surface area (Å²) in [6, 6.07) is 13.3. The fourth-order valence-electron chi connectivity index (χ4n) is 4.38. The molecule has 4 rings (SSSR count). The van der Waals surface area contributed by atoms with Crippen molar-refractivity contribution in [2.45, 2.75) is 45.4 Å². The van der Waals surface area contributed by atoms with Crippen molar-refractivity contribution in [3.05, 3.63) is 94.1 Å². The minimum absolute atomic E-state index is 0.0386. The predicted molar refractivity (Wildman–Crippen MR) is 118 cm³/mol. The van der Waals surface area contributed by atoms with Gasteiger partial charge in [-0.2, -0.15) is 13.2 Å². The predicted octanol–water partition coefficient (Wildman–Crippen LogP) is 5.38. The van der Waals surface area contributed by atoms with Crippen molar-refractivity contribution < 1.29 is 32.2 Å². The van der Waals surface area contributed by atoms with Crippen LogP contribution in [0.3, 0.4) is 0 Å². The lowest BCUT2D eigenvalue weighted by molar-refractivity contribution is -0.141. The minimum Gasteiger partial charge on any atom is -0.457 e. The average molecular weight is 471 g/mol. The first-order valence-corrected chi connectivity index (χ1v) is 10.8. The quantitative estimate of drug-likeness (QED) is 0.606. The number of Topliss-reactive ketones (excluding diaryl/α,β-unsaturated/α-hetero) is 1. The standard InChI is InChI=1S/C26H24F3NO4/c1-25(2)12-18(31)21-19(13-25)34-23(30)22(24(32)33-14-15-6-4-3-5-7-15)20(21)16-8-10-17(11-9-16)26(27,28)29/h3-11,20H,12-14,30H2,1-2H3. The number of carbonyl (C=O) groups excluding carboxylic acids is 2. The highest BCUT2D eigenvalue weighted by Gasteiger charge is 2.45. The third-order valence-corrected chi connectivity index (χ3v) is 5.96. The molecule has 1 aliphatic heterocycles. The van der Waals surface area contributed by atoms with E-state index in [1.165, 1.54) is 12.1 Å². The molecule has 0 saturated carbocycles. The second-order valence-electron chi connectivity index (χ2n) is 9.27. The van der Waals surface area contributed by atoms with E-state index in [1.54, 1.807) is 24.3 Å². The number of rotatable bonds is 4. The topological polar surface area (TPSA) is 78.6 Å². The summed E-state index contributed by atoms with van der Waals surface area (Å²) >= 11 is 0. The molecule has 2 aromatic rings. The summed E-state index contributed by atoms with van der Waals surface area (Å²) in [5.74, 6) is -1.90. The van der Waals surface area contributed by atoms with Crippen LogP contribution in [-0.4, -0.2) is 11.8 Å². The average Bonchev–Trinajstić information content (AvgIpc) is 2.76. The zero-order valence-corrected chi connectivity index (χ0v) is 18.7. The minimum atomic E-state index is -4.52. The Kier molecular flexibility index (Phi) is 6.02. The largest absolute Gasteiger partial charge is 0.457 e. The maximum atomic E-state index is 13.2. The number of esters is 1. The lowest BCUT2D eigenvalue weighted by atomic mass is 9.70. The van der Waals surface area contributed by atoms with Gasteiger partial charge in [0.25, 0.3) is 0 Å². The lowest BCUT2D eigenvalue weighted by Crippen LogP contribution is -2.35. The van der Waals surface area contributed by atoms with Gasteiger partial charge in [-0.25, -0.2) is 4.79 Å². The Morgan fingerprint density at radius 2 is 1.74 bits per heavy atom. The Balaban J connectivity index is 1.75. The molecule has 34 heavy (non-hydrogen) atoms. The number of hydrogen-bond acceptors (Lipinski definition) is 5. The van der Waals surface area contributed by atoms with Gasteiger partial charge in [0, 0.05) is 18.4 Å². The van der Waals surface area contributed by atoms with E-state index in [9.17, 15) is 22.8 Å². The van der Waals surface area contributed by atoms with Crippen LogP contribution >= 0.6 is 0 Å². The second-order valence-corrected chi connectivity index (χ2v) is 9.27. The molecule has 0 saturated heterocycles. The van der Waals surface area contributed by atoms with Crippen LogP contribution in [0.4, 0.5) is 13.2 Å². The highest BCUT2D eigenvalue weighted by Crippen LogP contribution is 2.48. The molecular formula is C26H24F3NO4. The molecule has 0 fully saturated rings. The smallest absolute Gasteiger partial charge is 0.416 e. The van der Waals surface area contributed by atoms with Gasteiger partial charge in [-0.3, -0.25) is 4.79 Å². The molecule has 0 amide bonds. The molecule has 1 atom stereocenters. The first-order valence-electron chi connectivity index (χ1n) is 10.8. The third kappa shape index (κ3) is 4.71. The van der Waals surface area contributed by atoms with E-state index in [-0.39, 0.29) is 41.3 Å². The van der Waals surface area contributed by atoms with Crippen LogP contribution in [-0.2, 0) is 31.8 Å². The van der Waals surface area contributed by atoms with E-state index in [0.717, 1.165) is 17.7 Å². The molecule has 1 aliphatic carbocycles. The lowest BCUT2D eigenvalue weighted by Gasteiger charge is -2.38. The Morgan fingerprint density at radius 3 is 2.35 bits per heavy atom. The summed E-state index contributed by atoms with van der Waals surface area (Å²) in [5, 5.41) is 0. The van der Waals surface area contributed by atoms with Crippen molar-refractivity contribution in [1.29, 1.82) is 0 Å². The van der Waals surface area contributed by atoms with Crippen LogP contribution < -0.4 is 5.73 Å². The molecule has 0 bridgehead atoms. The molecule has 0 aromatic heterocycles. The molecule has 0 radical (unpaired) electrons. The molecule has 1 heterocycles. The van der Waals surface area contributed by atoms with Gasteiger partial charge in [0.1, 0.15) is 17.9 Å². The van der Waals surface area contributed by atoms with Gasteiger partial charge < -0.3 is 15.2 Å². The normalized spacial score (nSPS) is 20.0. The summed E-state index contributed by atoms with van der Waals surface area (Å²) < 4.78 is 50.6. The maximum Gasteiger partial charge on any atom is 0.416 e. The second kappa shape index (κ2) is 8.66. The van der Waals surface area contributed by atoms with Crippen molar-refractivity contribution in [3.63, 3.8) is 0 Å². The molecule has 0 spiro atoms. The number of alkyl halides is 3. The van der Waals surface area contributed by atoms with Gasteiger partial charge in [0.05, 0.1) is 11.5 Å². The van der Waals surface area contributed by atoms with Crippen LogP contribution in [0.1, 0.15) is 49.3 Å². The summed E-state index contributed by atoms with van der Waals surface area (Å²) in [7, 11) is 0. The summed E-state index contributed by atoms with van der Waals surface area (Å²) in [4.78, 5) is 26.3. The number of allylic oxidation sites excluding steroid dienone is 2. The zero-order chi connectivity index (χ0) is 24.7. The number of halogens is 3. The Hall–Kier alpha value is -3.55. The van der Waals surface area contributed by atoms with Crippen LogP contribution in [0.25, 0.3) is 0 Å². The Bertz CT molecular complexity index is 1180. The van der Waals surface area contributed by atoms with Crippen LogP contribution in [0, 0.1) is 5.41 Å². The van der Waals surface area contributed by atoms with Crippen molar-refractivity contribution in [2.75, 3.05) is 0 Å². The van der Waals surface area contributed by atoms with Crippen molar-refractivity contribution in [3.8, 4) is 0 Å². The molecule has 2 aliphatic rings. The summed E-state index contributed by atoms with van der Waals surface area (Å²) in [5.41, 5.74) is 6.14. The number of ketones is 1. The number of carbonyl (C=O) groups is 2. The summed E-state index contributed by atoms with van der Waals surface area (Å²) in [6.45, 7) is 3.78. The fraction of sp³-hybridized carbons (Fsp3) is 0.308. The third-order valence-electron chi connectivity index (χ3n) is 5.96. The number of hydrogen-bond donors (Lipinski definition) is 1. The van der Waals surface area contributed by atoms with E-state index in [4.69, 9.17) is 15.2 Å². The molecule has 2 aromatic carbocycles. The monoisotopic (exact) mass is 471 g/mol. The first kappa shape index (κ1) is 23.6. The molecule has 5 nitrogen and oxygen atoms in total. The molecule has 2 N–H and O–H groups in total. The van der Waals surface area contributed by atoms with Gasteiger partial charge in [-0.1, -0.05) is 56.3 Å². The SMILES string of the molecule is CC1(C)CC(=O)C2=C(C1)OC(N)=C(C(=O)OCc1ccccc1)C2c1ccc(C(F)(F)F)cc1. The van der Waals surface area contributed by atoms with E-state index in [0.29, 0.717) is 17.7 Å². The van der Waals surface area contributed by atoms with Gasteiger partial charge in [0.15, 0.2) is 5.78 Å². The zero-order valence-electron chi connectivity index (χ0n) is 18.7. The van der Waals surface area contributed by atoms with Crippen LogP contribution in [0.2, 0.25) is 0 Å². The van der Waals surface area contributed by atoms with Gasteiger partial charge in [-0.05, 0) is 28.7 Å². The Labute approximate surface area is 195 Å². The highest BCUT2D eigenvalue weighted by molar-refractivity contribution is 6.03. The van der Waals surface area contributed by atoms with Crippen LogP contribution in [0.5, 0.6) is 0 Å². The van der Waals surface area contributed by atoms with Gasteiger partial charge in [-0.15, -0.1) is 0 Å². The number of nitrogens with two attached hydrogens (primary N) is 1. The number of benzene rings is 2. The van der Waals surface area contributed by atoms with E-state index < -0.39 is 23.6 Å². The summed E-state index contributed by atoms with van der Waals surface area (Å²) in [6.07, 6.45) is -3.91. The van der Waals surface area contributed by atoms with Gasteiger partial charge >= 0.3 is 12.1 Å². The Morgan fingerprint density at radius 1 is 1.09 bits per heavy atom. The van der Waals surface area contributed by atoms with Crippen molar-refractivity contribution in [2.24, 2.45) is 11.1 Å². The van der Waals surface area contributed by atoms with Crippen LogP contribution in [0.15, 0.2) is 77.4 Å². The number of ether oxygens (including phenoxy) is 2. The molecule has 178 valence electrons. The molecular weight excluding hydrogens is 447 g/mol.